The van der Waals surface area contributed by atoms with Gasteiger partial charge in [-0.1, -0.05) is 30.3 Å². The Labute approximate surface area is 140 Å². The molecule has 0 saturated heterocycles. The van der Waals surface area contributed by atoms with E-state index in [1.165, 1.54) is 6.42 Å². The first-order valence-electron chi connectivity index (χ1n) is 9.17. The van der Waals surface area contributed by atoms with Crippen LogP contribution in [-0.2, 0) is 4.74 Å². The van der Waals surface area contributed by atoms with Gasteiger partial charge in [0.25, 0.3) is 5.79 Å². The summed E-state index contributed by atoms with van der Waals surface area (Å²) >= 11 is 0. The van der Waals surface area contributed by atoms with Gasteiger partial charge in [0.1, 0.15) is 11.3 Å². The van der Waals surface area contributed by atoms with Gasteiger partial charge >= 0.3 is 5.97 Å². The van der Waals surface area contributed by atoms with Crippen LogP contribution in [0.4, 0.5) is 0 Å². The van der Waals surface area contributed by atoms with Crippen LogP contribution >= 0.6 is 0 Å². The third kappa shape index (κ3) is 1.56. The van der Waals surface area contributed by atoms with Crippen LogP contribution in [0.1, 0.15) is 42.5 Å². The molecule has 0 N–H and O–H groups in total. The van der Waals surface area contributed by atoms with Gasteiger partial charge in [0.2, 0.25) is 0 Å². The molecule has 1 spiro atoms. The Morgan fingerprint density at radius 2 is 1.54 bits per heavy atom. The molecule has 3 heteroatoms. The molecule has 0 aromatic heterocycles. The molecule has 2 aromatic rings. The van der Waals surface area contributed by atoms with Crippen molar-refractivity contribution in [3.63, 3.8) is 0 Å². The van der Waals surface area contributed by atoms with E-state index in [2.05, 4.69) is 6.07 Å². The fourth-order valence-corrected chi connectivity index (χ4v) is 6.11. The quantitative estimate of drug-likeness (QED) is 0.668. The van der Waals surface area contributed by atoms with E-state index >= 15 is 0 Å². The van der Waals surface area contributed by atoms with Crippen molar-refractivity contribution in [2.75, 3.05) is 0 Å². The number of fused-ring (bicyclic) bond motifs is 3. The fourth-order valence-electron chi connectivity index (χ4n) is 6.11. The highest BCUT2D eigenvalue weighted by atomic mass is 16.7. The van der Waals surface area contributed by atoms with E-state index in [1.807, 2.05) is 30.3 Å². The Balaban J connectivity index is 1.50. The summed E-state index contributed by atoms with van der Waals surface area (Å²) in [5, 5.41) is 1.98. The SMILES string of the molecule is O=C1OC2(Oc3ccc4ccccc4c31)C1CC3CC(C1)CC2C3. The number of carbonyl (C=O) groups is 1. The summed E-state index contributed by atoms with van der Waals surface area (Å²) < 4.78 is 12.7. The van der Waals surface area contributed by atoms with Crippen LogP contribution in [0.2, 0.25) is 0 Å². The molecule has 1 aliphatic heterocycles. The first-order valence-corrected chi connectivity index (χ1v) is 9.17. The molecule has 1 heterocycles. The van der Waals surface area contributed by atoms with Crippen molar-refractivity contribution in [3.8, 4) is 5.75 Å². The maximum absolute atomic E-state index is 13.0. The first-order chi connectivity index (χ1) is 11.7. The molecule has 4 aliphatic carbocycles. The van der Waals surface area contributed by atoms with Gasteiger partial charge in [-0.2, -0.15) is 0 Å². The van der Waals surface area contributed by atoms with Crippen molar-refractivity contribution in [1.29, 1.82) is 0 Å². The third-order valence-corrected chi connectivity index (χ3v) is 6.89. The Morgan fingerprint density at radius 1 is 0.833 bits per heavy atom. The second-order valence-electron chi connectivity index (χ2n) is 8.18. The van der Waals surface area contributed by atoms with Crippen LogP contribution in [0.25, 0.3) is 10.8 Å². The number of hydrogen-bond donors (Lipinski definition) is 0. The number of carbonyl (C=O) groups excluding carboxylic acids is 1. The molecule has 4 saturated carbocycles. The normalized spacial score (nSPS) is 38.9. The lowest BCUT2D eigenvalue weighted by Gasteiger charge is -2.59. The zero-order valence-electron chi connectivity index (χ0n) is 13.5. The standard InChI is InChI=1S/C21H20O3/c22-20-19-17-4-2-1-3-14(17)5-6-18(19)23-21(24-20)15-8-12-7-13(10-15)11-16(21)9-12/h1-6,12-13,15-16H,7-11H2. The first kappa shape index (κ1) is 13.3. The molecule has 0 atom stereocenters. The highest BCUT2D eigenvalue weighted by molar-refractivity contribution is 6.07. The van der Waals surface area contributed by atoms with Crippen molar-refractivity contribution in [1.82, 2.24) is 0 Å². The van der Waals surface area contributed by atoms with Crippen LogP contribution in [0.5, 0.6) is 5.75 Å². The Morgan fingerprint density at radius 3 is 2.29 bits per heavy atom. The van der Waals surface area contributed by atoms with Gasteiger partial charge in [0.05, 0.1) is 0 Å². The summed E-state index contributed by atoms with van der Waals surface area (Å²) in [4.78, 5) is 13.0. The smallest absolute Gasteiger partial charge is 0.345 e. The highest BCUT2D eigenvalue weighted by Gasteiger charge is 2.63. The van der Waals surface area contributed by atoms with Crippen molar-refractivity contribution in [2.24, 2.45) is 23.7 Å². The Kier molecular flexibility index (Phi) is 2.39. The molecule has 2 aromatic carbocycles. The molecule has 7 rings (SSSR count). The van der Waals surface area contributed by atoms with Gasteiger partial charge in [0.15, 0.2) is 0 Å². The van der Waals surface area contributed by atoms with E-state index in [-0.39, 0.29) is 5.97 Å². The number of hydrogen-bond acceptors (Lipinski definition) is 3. The summed E-state index contributed by atoms with van der Waals surface area (Å²) in [6.45, 7) is 0. The van der Waals surface area contributed by atoms with E-state index in [4.69, 9.17) is 9.47 Å². The topological polar surface area (TPSA) is 35.5 Å². The molecule has 0 radical (unpaired) electrons. The summed E-state index contributed by atoms with van der Waals surface area (Å²) in [6.07, 6.45) is 6.00. The molecule has 24 heavy (non-hydrogen) atoms. The van der Waals surface area contributed by atoms with Crippen molar-refractivity contribution in [2.45, 2.75) is 37.9 Å². The summed E-state index contributed by atoms with van der Waals surface area (Å²) in [5.41, 5.74) is 0.604. The predicted molar refractivity (Wildman–Crippen MR) is 89.8 cm³/mol. The van der Waals surface area contributed by atoms with Crippen LogP contribution < -0.4 is 4.74 Å². The Bertz CT molecular complexity index is 841. The van der Waals surface area contributed by atoms with Gasteiger partial charge in [-0.05, 0) is 60.8 Å². The minimum absolute atomic E-state index is 0.194. The number of ether oxygens (including phenoxy) is 2. The number of benzene rings is 2. The van der Waals surface area contributed by atoms with Gasteiger partial charge in [-0.3, -0.25) is 0 Å². The molecule has 3 nitrogen and oxygen atoms in total. The Hall–Kier alpha value is -2.03. The second kappa shape index (κ2) is 4.33. The minimum atomic E-state index is -0.694. The zero-order chi connectivity index (χ0) is 15.9. The molecule has 0 amide bonds. The third-order valence-electron chi connectivity index (χ3n) is 6.89. The van der Waals surface area contributed by atoms with Gasteiger partial charge in [0, 0.05) is 11.8 Å². The van der Waals surface area contributed by atoms with E-state index in [9.17, 15) is 4.79 Å². The predicted octanol–water partition coefficient (Wildman–Crippen LogP) is 4.54. The average molecular weight is 320 g/mol. The van der Waals surface area contributed by atoms with E-state index in [0.29, 0.717) is 17.4 Å². The van der Waals surface area contributed by atoms with Gasteiger partial charge in [-0.15, -0.1) is 0 Å². The largest absolute Gasteiger partial charge is 0.451 e. The van der Waals surface area contributed by atoms with Crippen LogP contribution in [-0.4, -0.2) is 11.8 Å². The molecule has 5 aliphatic rings. The van der Waals surface area contributed by atoms with Crippen molar-refractivity contribution < 1.29 is 14.3 Å². The molecular weight excluding hydrogens is 300 g/mol. The van der Waals surface area contributed by atoms with E-state index in [0.717, 1.165) is 54.0 Å². The van der Waals surface area contributed by atoms with Crippen LogP contribution in [0.3, 0.4) is 0 Å². The maximum atomic E-state index is 13.0. The minimum Gasteiger partial charge on any atom is -0.451 e. The summed E-state index contributed by atoms with van der Waals surface area (Å²) in [5.74, 6) is 2.21. The van der Waals surface area contributed by atoms with Gasteiger partial charge in [-0.25, -0.2) is 4.79 Å². The van der Waals surface area contributed by atoms with Crippen LogP contribution in [0, 0.1) is 23.7 Å². The summed E-state index contributed by atoms with van der Waals surface area (Å²) in [7, 11) is 0. The van der Waals surface area contributed by atoms with Crippen molar-refractivity contribution >= 4 is 16.7 Å². The zero-order valence-corrected chi connectivity index (χ0v) is 13.5. The van der Waals surface area contributed by atoms with Crippen molar-refractivity contribution in [3.05, 3.63) is 42.0 Å². The molecule has 122 valence electrons. The second-order valence-corrected chi connectivity index (χ2v) is 8.18. The number of rotatable bonds is 0. The lowest BCUT2D eigenvalue weighted by molar-refractivity contribution is -0.279. The van der Waals surface area contributed by atoms with Gasteiger partial charge < -0.3 is 9.47 Å². The average Bonchev–Trinajstić information content (AvgIpc) is 2.59. The summed E-state index contributed by atoms with van der Waals surface area (Å²) in [6, 6.07) is 12.0. The fraction of sp³-hybridized carbons (Fsp3) is 0.476. The van der Waals surface area contributed by atoms with E-state index < -0.39 is 5.79 Å². The van der Waals surface area contributed by atoms with E-state index in [1.54, 1.807) is 0 Å². The lowest BCUT2D eigenvalue weighted by Crippen LogP contribution is -2.64. The monoisotopic (exact) mass is 320 g/mol. The molecule has 4 fully saturated rings. The highest BCUT2D eigenvalue weighted by Crippen LogP contribution is 2.61. The maximum Gasteiger partial charge on any atom is 0.345 e. The lowest BCUT2D eigenvalue weighted by atomic mass is 9.53. The van der Waals surface area contributed by atoms with Crippen LogP contribution in [0.15, 0.2) is 36.4 Å². The molecule has 0 unspecified atom stereocenters. The molecular formula is C21H20O3. The molecule has 4 bridgehead atoms. The number of esters is 1.